The molecule has 22 heavy (non-hydrogen) atoms. The maximum Gasteiger partial charge on any atom is 0.267 e. The van der Waals surface area contributed by atoms with Crippen molar-refractivity contribution < 1.29 is 8.42 Å². The van der Waals surface area contributed by atoms with Crippen LogP contribution in [0.4, 0.5) is 5.69 Å². The Morgan fingerprint density at radius 2 is 1.91 bits per heavy atom. The number of sulfonamides is 1. The minimum atomic E-state index is -3.64. The third-order valence-electron chi connectivity index (χ3n) is 3.66. The lowest BCUT2D eigenvalue weighted by molar-refractivity contribution is 0.591. The van der Waals surface area contributed by atoms with Gasteiger partial charge in [-0.2, -0.15) is 5.10 Å². The normalized spacial score (nSPS) is 11.7. The van der Waals surface area contributed by atoms with Crippen molar-refractivity contribution in [3.63, 3.8) is 0 Å². The minimum absolute atomic E-state index is 0.299. The predicted octanol–water partition coefficient (Wildman–Crippen LogP) is 3.07. The third kappa shape index (κ3) is 2.75. The van der Waals surface area contributed by atoms with Crippen molar-refractivity contribution in [3.05, 3.63) is 35.7 Å². The van der Waals surface area contributed by atoms with Crippen molar-refractivity contribution >= 4 is 27.5 Å². The van der Waals surface area contributed by atoms with Crippen LogP contribution in [0, 0.1) is 13.8 Å². The lowest BCUT2D eigenvalue weighted by Gasteiger charge is -2.22. The van der Waals surface area contributed by atoms with Crippen LogP contribution >= 0.6 is 11.8 Å². The molecule has 1 heterocycles. The van der Waals surface area contributed by atoms with Crippen molar-refractivity contribution in [1.29, 1.82) is 0 Å². The van der Waals surface area contributed by atoms with E-state index in [1.807, 2.05) is 37.4 Å². The van der Waals surface area contributed by atoms with E-state index >= 15 is 0 Å². The number of hydrogen-bond acceptors (Lipinski definition) is 4. The second kappa shape index (κ2) is 6.34. The topological polar surface area (TPSA) is 55.2 Å². The zero-order chi connectivity index (χ0) is 16.5. The van der Waals surface area contributed by atoms with Gasteiger partial charge in [-0.25, -0.2) is 8.42 Å². The van der Waals surface area contributed by atoms with E-state index in [9.17, 15) is 8.42 Å². The fourth-order valence-electron chi connectivity index (χ4n) is 2.52. The van der Waals surface area contributed by atoms with E-state index in [1.54, 1.807) is 25.6 Å². The molecule has 0 saturated carbocycles. The van der Waals surface area contributed by atoms with Crippen LogP contribution in [0.2, 0.25) is 0 Å². The molecule has 1 aromatic carbocycles. The molecule has 120 valence electrons. The fourth-order valence-corrected chi connectivity index (χ4v) is 4.79. The number of thioether (sulfide) groups is 1. The van der Waals surface area contributed by atoms with Crippen molar-refractivity contribution in [3.8, 4) is 0 Å². The number of aromatic nitrogens is 2. The van der Waals surface area contributed by atoms with E-state index in [1.165, 1.54) is 16.1 Å². The van der Waals surface area contributed by atoms with Gasteiger partial charge in [-0.1, -0.05) is 12.1 Å². The summed E-state index contributed by atoms with van der Waals surface area (Å²) >= 11 is 1.53. The molecule has 0 aliphatic carbocycles. The van der Waals surface area contributed by atoms with Gasteiger partial charge in [0.1, 0.15) is 4.90 Å². The van der Waals surface area contributed by atoms with E-state index in [2.05, 4.69) is 5.10 Å². The fraction of sp³-hybridized carbons (Fsp3) is 0.400. The summed E-state index contributed by atoms with van der Waals surface area (Å²) in [4.78, 5) is 1.22. The molecule has 0 spiro atoms. The molecule has 7 heteroatoms. The second-order valence-corrected chi connectivity index (χ2v) is 7.71. The number of hydrogen-bond donors (Lipinski definition) is 0. The van der Waals surface area contributed by atoms with Crippen LogP contribution in [0.5, 0.6) is 0 Å². The SMILES string of the molecule is CCn1nc(C)c(S(=O)(=O)N(C)c2ccccc2SC)c1C. The van der Waals surface area contributed by atoms with E-state index in [-0.39, 0.29) is 0 Å². The third-order valence-corrected chi connectivity index (χ3v) is 6.47. The first kappa shape index (κ1) is 16.9. The number of rotatable bonds is 5. The van der Waals surface area contributed by atoms with Gasteiger partial charge in [0, 0.05) is 18.5 Å². The molecule has 0 bridgehead atoms. The Morgan fingerprint density at radius 3 is 2.45 bits per heavy atom. The number of anilines is 1. The summed E-state index contributed by atoms with van der Waals surface area (Å²) in [5, 5.41) is 4.32. The molecule has 0 aliphatic heterocycles. The van der Waals surface area contributed by atoms with Crippen molar-refractivity contribution in [2.24, 2.45) is 0 Å². The van der Waals surface area contributed by atoms with Crippen molar-refractivity contribution in [2.45, 2.75) is 37.1 Å². The number of nitrogens with zero attached hydrogens (tertiary/aromatic N) is 3. The van der Waals surface area contributed by atoms with Gasteiger partial charge in [0.25, 0.3) is 10.0 Å². The molecule has 0 saturated heterocycles. The summed E-state index contributed by atoms with van der Waals surface area (Å²) in [6.45, 7) is 6.13. The van der Waals surface area contributed by atoms with Gasteiger partial charge in [0.05, 0.1) is 17.1 Å². The molecule has 0 N–H and O–H groups in total. The van der Waals surface area contributed by atoms with Crippen LogP contribution in [-0.2, 0) is 16.6 Å². The van der Waals surface area contributed by atoms with E-state index in [0.29, 0.717) is 28.5 Å². The molecular formula is C15H21N3O2S2. The molecule has 2 rings (SSSR count). The quantitative estimate of drug-likeness (QED) is 0.786. The Bertz CT molecular complexity index is 782. The zero-order valence-corrected chi connectivity index (χ0v) is 15.1. The molecule has 0 atom stereocenters. The summed E-state index contributed by atoms with van der Waals surface area (Å²) in [7, 11) is -2.05. The summed E-state index contributed by atoms with van der Waals surface area (Å²) in [6.07, 6.45) is 1.94. The molecule has 0 amide bonds. The van der Waals surface area contributed by atoms with E-state index < -0.39 is 10.0 Å². The number of para-hydroxylation sites is 1. The lowest BCUT2D eigenvalue weighted by Crippen LogP contribution is -2.28. The van der Waals surface area contributed by atoms with Gasteiger partial charge in [-0.05, 0) is 39.2 Å². The first-order valence-electron chi connectivity index (χ1n) is 7.00. The van der Waals surface area contributed by atoms with Gasteiger partial charge >= 0.3 is 0 Å². The van der Waals surface area contributed by atoms with E-state index in [4.69, 9.17) is 0 Å². The highest BCUT2D eigenvalue weighted by Gasteiger charge is 2.29. The van der Waals surface area contributed by atoms with E-state index in [0.717, 1.165) is 4.90 Å². The highest BCUT2D eigenvalue weighted by Crippen LogP contribution is 2.32. The highest BCUT2D eigenvalue weighted by molar-refractivity contribution is 7.99. The molecule has 0 radical (unpaired) electrons. The van der Waals surface area contributed by atoms with Gasteiger partial charge in [-0.3, -0.25) is 8.99 Å². The second-order valence-electron chi connectivity index (χ2n) is 4.96. The van der Waals surface area contributed by atoms with Crippen LogP contribution in [0.15, 0.2) is 34.1 Å². The summed E-state index contributed by atoms with van der Waals surface area (Å²) in [6, 6.07) is 7.48. The molecule has 2 aromatic rings. The standard InChI is InChI=1S/C15H21N3O2S2/c1-6-18-12(3)15(11(2)16-18)22(19,20)17(4)13-9-7-8-10-14(13)21-5/h7-10H,6H2,1-5H3. The van der Waals surface area contributed by atoms with Crippen LogP contribution in [0.1, 0.15) is 18.3 Å². The van der Waals surface area contributed by atoms with Crippen LogP contribution in [0.3, 0.4) is 0 Å². The van der Waals surface area contributed by atoms with Crippen LogP contribution in [-0.4, -0.2) is 31.5 Å². The van der Waals surface area contributed by atoms with Crippen LogP contribution < -0.4 is 4.31 Å². The Kier molecular flexibility index (Phi) is 4.87. The molecular weight excluding hydrogens is 318 g/mol. The van der Waals surface area contributed by atoms with Gasteiger partial charge < -0.3 is 0 Å². The molecule has 0 unspecified atom stereocenters. The largest absolute Gasteiger partial charge is 0.268 e. The Morgan fingerprint density at radius 1 is 1.27 bits per heavy atom. The van der Waals surface area contributed by atoms with Gasteiger partial charge in [0.2, 0.25) is 0 Å². The smallest absolute Gasteiger partial charge is 0.267 e. The number of benzene rings is 1. The Labute approximate surface area is 136 Å². The summed E-state index contributed by atoms with van der Waals surface area (Å²) < 4.78 is 29.1. The average molecular weight is 339 g/mol. The molecule has 0 aliphatic rings. The van der Waals surface area contributed by atoms with Crippen molar-refractivity contribution in [1.82, 2.24) is 9.78 Å². The van der Waals surface area contributed by atoms with Crippen molar-refractivity contribution in [2.75, 3.05) is 17.6 Å². The Hall–Kier alpha value is -1.47. The first-order valence-corrected chi connectivity index (χ1v) is 9.67. The maximum absolute atomic E-state index is 13.0. The molecule has 5 nitrogen and oxygen atoms in total. The minimum Gasteiger partial charge on any atom is -0.268 e. The first-order chi connectivity index (χ1) is 10.3. The predicted molar refractivity (Wildman–Crippen MR) is 91.2 cm³/mol. The maximum atomic E-state index is 13.0. The summed E-state index contributed by atoms with van der Waals surface area (Å²) in [5.74, 6) is 0. The summed E-state index contributed by atoms with van der Waals surface area (Å²) in [5.41, 5.74) is 1.89. The van der Waals surface area contributed by atoms with Crippen LogP contribution in [0.25, 0.3) is 0 Å². The number of aryl methyl sites for hydroxylation is 2. The molecule has 0 fully saturated rings. The highest BCUT2D eigenvalue weighted by atomic mass is 32.2. The monoisotopic (exact) mass is 339 g/mol. The molecule has 1 aromatic heterocycles. The average Bonchev–Trinajstić information content (AvgIpc) is 2.80. The van der Waals surface area contributed by atoms with Gasteiger partial charge in [-0.15, -0.1) is 11.8 Å². The zero-order valence-electron chi connectivity index (χ0n) is 13.5. The Balaban J connectivity index is 2.58. The van der Waals surface area contributed by atoms with Gasteiger partial charge in [0.15, 0.2) is 0 Å². The lowest BCUT2D eigenvalue weighted by atomic mass is 10.3.